The molecule has 0 unspecified atom stereocenters. The molecule has 1 nitrogen and oxygen atoms in total. The summed E-state index contributed by atoms with van der Waals surface area (Å²) in [6, 6.07) is 1.01. The first-order valence-electron chi connectivity index (χ1n) is 6.57. The van der Waals surface area contributed by atoms with Gasteiger partial charge in [0, 0.05) is 0 Å². The molecule has 0 aliphatic carbocycles. The Morgan fingerprint density at radius 3 is 1.83 bits per heavy atom. The minimum absolute atomic E-state index is 0.212. The summed E-state index contributed by atoms with van der Waals surface area (Å²) in [4.78, 5) is 0. The molecule has 0 saturated heterocycles. The molecule has 18 heavy (non-hydrogen) atoms. The van der Waals surface area contributed by atoms with E-state index in [4.69, 9.17) is 22.2 Å². The Morgan fingerprint density at radius 1 is 1.06 bits per heavy atom. The fourth-order valence-electron chi connectivity index (χ4n) is 1.49. The van der Waals surface area contributed by atoms with E-state index in [1.807, 2.05) is 6.55 Å². The summed E-state index contributed by atoms with van der Waals surface area (Å²) in [5.74, 6) is 0. The molecule has 0 aromatic heterocycles. The molecule has 106 valence electrons. The molecule has 0 spiro atoms. The molecule has 0 rings (SSSR count). The quantitative estimate of drug-likeness (QED) is 0.484. The van der Waals surface area contributed by atoms with Gasteiger partial charge in [-0.15, -0.1) is 22.2 Å². The molecule has 0 aromatic carbocycles. The minimum atomic E-state index is -1.90. The monoisotopic (exact) mass is 339 g/mol. The van der Waals surface area contributed by atoms with Gasteiger partial charge in [-0.3, -0.25) is 0 Å². The Bertz CT molecular complexity index is 270. The van der Waals surface area contributed by atoms with Crippen LogP contribution in [-0.2, 0) is 0 Å². The fourth-order valence-corrected chi connectivity index (χ4v) is 6.50. The van der Waals surface area contributed by atoms with E-state index in [-0.39, 0.29) is 19.4 Å². The van der Waals surface area contributed by atoms with Crippen molar-refractivity contribution in [1.82, 2.24) is 4.23 Å². The van der Waals surface area contributed by atoms with Crippen molar-refractivity contribution in [3.05, 3.63) is 22.5 Å². The lowest BCUT2D eigenvalue weighted by Gasteiger charge is -2.20. The average molecular weight is 341 g/mol. The van der Waals surface area contributed by atoms with Crippen LogP contribution >= 0.6 is 22.2 Å². The fraction of sp³-hybridized carbons (Fsp3) is 0.667. The molecule has 0 amide bonds. The maximum atomic E-state index is 6.16. The summed E-state index contributed by atoms with van der Waals surface area (Å²) in [7, 11) is -0.423. The summed E-state index contributed by atoms with van der Waals surface area (Å²) in [5, 5.41) is 0. The lowest BCUT2D eigenvalue weighted by molar-refractivity contribution is 0.658. The summed E-state index contributed by atoms with van der Waals surface area (Å²) in [6.07, 6.45) is 1.16. The van der Waals surface area contributed by atoms with Gasteiger partial charge in [0.2, 0.25) is 6.69 Å². The van der Waals surface area contributed by atoms with Crippen molar-refractivity contribution in [3.8, 4) is 0 Å². The highest BCUT2D eigenvalue weighted by atomic mass is 35.7. The Kier molecular flexibility index (Phi) is 9.91. The lowest BCUT2D eigenvalue weighted by atomic mass is 10.4. The third kappa shape index (κ3) is 13.1. The Balaban J connectivity index is 4.21. The summed E-state index contributed by atoms with van der Waals surface area (Å²) in [5.41, 5.74) is 7.80. The van der Waals surface area contributed by atoms with Crippen LogP contribution in [0.4, 0.5) is 0 Å². The average Bonchev–Trinajstić information content (AvgIpc) is 2.19. The zero-order valence-electron chi connectivity index (χ0n) is 12.4. The normalized spacial score (nSPS) is 12.9. The van der Waals surface area contributed by atoms with Crippen molar-refractivity contribution >= 4 is 48.2 Å². The maximum Gasteiger partial charge on any atom is 0.248 e. The molecule has 0 saturated carbocycles. The molecule has 0 aliphatic heterocycles. The molecule has 0 fully saturated rings. The van der Waals surface area contributed by atoms with Gasteiger partial charge in [0.25, 0.3) is 0 Å². The minimum Gasteiger partial charge on any atom is -0.349 e. The van der Waals surface area contributed by atoms with Crippen LogP contribution in [0.5, 0.6) is 0 Å². The largest absolute Gasteiger partial charge is 0.349 e. The van der Waals surface area contributed by atoms with Crippen molar-refractivity contribution < 1.29 is 0 Å². The van der Waals surface area contributed by atoms with E-state index >= 15 is 0 Å². The van der Waals surface area contributed by atoms with Crippen molar-refractivity contribution in [1.29, 1.82) is 0 Å². The predicted molar refractivity (Wildman–Crippen MR) is 95.4 cm³/mol. The zero-order chi connectivity index (χ0) is 14.2. The van der Waals surface area contributed by atoms with Crippen molar-refractivity contribution in [2.45, 2.75) is 46.7 Å². The summed E-state index contributed by atoms with van der Waals surface area (Å²) < 4.78 is 2.72. The van der Waals surface area contributed by atoms with Gasteiger partial charge in [-0.2, -0.15) is 0 Å². The van der Waals surface area contributed by atoms with Crippen molar-refractivity contribution in [2.24, 2.45) is 0 Å². The SMILES string of the molecule is CC(C)=C[SiH2]N(CCC[Si](C)(Cl)Cl)[SiH2]C=C(C)C. The lowest BCUT2D eigenvalue weighted by Crippen LogP contribution is -2.32. The van der Waals surface area contributed by atoms with Gasteiger partial charge in [0.1, 0.15) is 19.4 Å². The third-order valence-electron chi connectivity index (χ3n) is 2.61. The van der Waals surface area contributed by atoms with Gasteiger partial charge in [-0.05, 0) is 53.3 Å². The van der Waals surface area contributed by atoms with E-state index in [9.17, 15) is 0 Å². The number of allylic oxidation sites excluding steroid dienone is 2. The van der Waals surface area contributed by atoms with Gasteiger partial charge < -0.3 is 4.23 Å². The second-order valence-electron chi connectivity index (χ2n) is 5.50. The highest BCUT2D eigenvalue weighted by molar-refractivity contribution is 7.44. The van der Waals surface area contributed by atoms with Crippen LogP contribution in [0.25, 0.3) is 0 Å². The standard InChI is InChI=1S/C12H27Cl2NSi3/c1-11(2)9-16-15(17-10-12(3)4)7-6-8-18(5,13)14/h9-10H,6-8,16-17H2,1-5H3. The Labute approximate surface area is 128 Å². The van der Waals surface area contributed by atoms with Crippen molar-refractivity contribution in [3.63, 3.8) is 0 Å². The van der Waals surface area contributed by atoms with Crippen LogP contribution in [0.2, 0.25) is 12.6 Å². The van der Waals surface area contributed by atoms with E-state index < -0.39 is 6.69 Å². The van der Waals surface area contributed by atoms with E-state index in [2.05, 4.69) is 43.3 Å². The molecule has 0 atom stereocenters. The highest BCUT2D eigenvalue weighted by Gasteiger charge is 2.20. The van der Waals surface area contributed by atoms with Crippen molar-refractivity contribution in [2.75, 3.05) is 6.54 Å². The van der Waals surface area contributed by atoms with Gasteiger partial charge in [0.15, 0.2) is 0 Å². The molecule has 0 N–H and O–H groups in total. The van der Waals surface area contributed by atoms with Crippen LogP contribution in [0.3, 0.4) is 0 Å². The number of halogens is 2. The van der Waals surface area contributed by atoms with E-state index in [1.54, 1.807) is 0 Å². The predicted octanol–water partition coefficient (Wildman–Crippen LogP) is 3.24. The number of rotatable bonds is 8. The highest BCUT2D eigenvalue weighted by Crippen LogP contribution is 2.21. The zero-order valence-corrected chi connectivity index (χ0v) is 17.7. The van der Waals surface area contributed by atoms with Gasteiger partial charge >= 0.3 is 0 Å². The molecule has 0 aliphatic rings. The molecular weight excluding hydrogens is 313 g/mol. The second-order valence-corrected chi connectivity index (χ2v) is 18.0. The van der Waals surface area contributed by atoms with E-state index in [0.29, 0.717) is 0 Å². The van der Waals surface area contributed by atoms with E-state index in [1.165, 1.54) is 17.7 Å². The molecule has 0 bridgehead atoms. The smallest absolute Gasteiger partial charge is 0.248 e. The first-order chi connectivity index (χ1) is 8.20. The van der Waals surface area contributed by atoms with Gasteiger partial charge in [-0.1, -0.05) is 22.5 Å². The van der Waals surface area contributed by atoms with Crippen LogP contribution < -0.4 is 0 Å². The van der Waals surface area contributed by atoms with Gasteiger partial charge in [0.05, 0.1) is 0 Å². The molecule has 0 radical (unpaired) electrons. The number of hydrogen-bond donors (Lipinski definition) is 0. The first kappa shape index (κ1) is 18.7. The summed E-state index contributed by atoms with van der Waals surface area (Å²) >= 11 is 12.3. The van der Waals surface area contributed by atoms with Crippen LogP contribution in [0, 0.1) is 0 Å². The Morgan fingerprint density at radius 2 is 1.50 bits per heavy atom. The van der Waals surface area contributed by atoms with Crippen LogP contribution in [0.15, 0.2) is 22.5 Å². The van der Waals surface area contributed by atoms with Gasteiger partial charge in [-0.25, -0.2) is 0 Å². The maximum absolute atomic E-state index is 6.16. The van der Waals surface area contributed by atoms with E-state index in [0.717, 1.165) is 12.5 Å². The van der Waals surface area contributed by atoms with Crippen LogP contribution in [-0.4, -0.2) is 36.8 Å². The molecule has 6 heteroatoms. The third-order valence-corrected chi connectivity index (χ3v) is 10.2. The second kappa shape index (κ2) is 9.55. The molecule has 0 heterocycles. The number of nitrogens with zero attached hydrogens (tertiary/aromatic N) is 1. The Hall–Kier alpha value is 0.671. The number of hydrogen-bond acceptors (Lipinski definition) is 1. The topological polar surface area (TPSA) is 3.24 Å². The summed E-state index contributed by atoms with van der Waals surface area (Å²) in [6.45, 7) is 10.1. The first-order valence-corrected chi connectivity index (χ1v) is 14.2. The van der Waals surface area contributed by atoms with Crippen LogP contribution in [0.1, 0.15) is 34.1 Å². The molecular formula is C12H27Cl2NSi3. The molecule has 0 aromatic rings.